The Kier molecular flexibility index (Phi) is 4.50. The summed E-state index contributed by atoms with van der Waals surface area (Å²) in [5, 5.41) is 13.4. The average molecular weight is 365 g/mol. The van der Waals surface area contributed by atoms with Gasteiger partial charge in [0.15, 0.2) is 11.5 Å². The molecule has 7 nitrogen and oxygen atoms in total. The Morgan fingerprint density at radius 3 is 2.96 bits per heavy atom. The van der Waals surface area contributed by atoms with Crippen LogP contribution in [0.15, 0.2) is 42.6 Å². The molecule has 0 spiro atoms. The van der Waals surface area contributed by atoms with Gasteiger partial charge < -0.3 is 19.9 Å². The van der Waals surface area contributed by atoms with Gasteiger partial charge in [-0.05, 0) is 36.4 Å². The van der Waals surface area contributed by atoms with Crippen molar-refractivity contribution >= 4 is 16.8 Å². The van der Waals surface area contributed by atoms with Gasteiger partial charge >= 0.3 is 0 Å². The van der Waals surface area contributed by atoms with Gasteiger partial charge in [0.2, 0.25) is 11.8 Å². The molecule has 1 aliphatic rings. The lowest BCUT2D eigenvalue weighted by molar-refractivity contribution is -0.119. The van der Waals surface area contributed by atoms with Crippen LogP contribution in [0.1, 0.15) is 6.42 Å². The number of fused-ring (bicyclic) bond motifs is 1. The highest BCUT2D eigenvalue weighted by Crippen LogP contribution is 2.33. The van der Waals surface area contributed by atoms with Crippen molar-refractivity contribution in [3.05, 3.63) is 42.6 Å². The fraction of sp³-hybridized carbons (Fsp3) is 0.250. The zero-order valence-corrected chi connectivity index (χ0v) is 14.8. The van der Waals surface area contributed by atoms with Gasteiger partial charge in [0.1, 0.15) is 0 Å². The van der Waals surface area contributed by atoms with E-state index in [1.54, 1.807) is 24.4 Å². The van der Waals surface area contributed by atoms with E-state index in [4.69, 9.17) is 9.47 Å². The molecule has 4 rings (SSSR count). The van der Waals surface area contributed by atoms with Gasteiger partial charge in [0.25, 0.3) is 0 Å². The molecule has 1 aromatic carbocycles. The lowest BCUT2D eigenvalue weighted by Gasteiger charge is -2.13. The number of aromatic nitrogens is 2. The first-order chi connectivity index (χ1) is 13.1. The smallest absolute Gasteiger partial charge is 0.223 e. The normalized spacial score (nSPS) is 16.3. The van der Waals surface area contributed by atoms with Crippen molar-refractivity contribution in [2.24, 2.45) is 5.92 Å². The van der Waals surface area contributed by atoms with Gasteiger partial charge in [-0.2, -0.15) is 0 Å². The summed E-state index contributed by atoms with van der Waals surface area (Å²) in [6, 6.07) is 10.7. The number of nitrogens with zero attached hydrogens (tertiary/aromatic N) is 2. The third kappa shape index (κ3) is 3.48. The standard InChI is InChI=1S/C20H19N3O4/c1-26-18-8-13(4-5-17(18)24)15-9-16-14(3-2-6-21-16)20(23-15)27-11-12-7-19(25)22-10-12/h2-6,8-9,12,24H,7,10-11H2,1H3,(H,22,25). The monoisotopic (exact) mass is 365 g/mol. The summed E-state index contributed by atoms with van der Waals surface area (Å²) in [7, 11) is 1.50. The number of hydrogen-bond donors (Lipinski definition) is 2. The van der Waals surface area contributed by atoms with Crippen LogP contribution in [0.3, 0.4) is 0 Å². The van der Waals surface area contributed by atoms with Crippen LogP contribution in [0, 0.1) is 5.92 Å². The molecule has 2 N–H and O–H groups in total. The Hall–Kier alpha value is -3.35. The van der Waals surface area contributed by atoms with Gasteiger partial charge in [-0.1, -0.05) is 0 Å². The first-order valence-electron chi connectivity index (χ1n) is 8.66. The SMILES string of the molecule is COc1cc(-c2cc3ncccc3c(OCC3CNC(=O)C3)n2)ccc1O. The number of hydrogen-bond acceptors (Lipinski definition) is 6. The number of carbonyl (C=O) groups is 1. The third-order valence-corrected chi connectivity index (χ3v) is 4.56. The maximum atomic E-state index is 11.4. The fourth-order valence-electron chi connectivity index (χ4n) is 3.12. The number of pyridine rings is 2. The minimum atomic E-state index is 0.0491. The van der Waals surface area contributed by atoms with Gasteiger partial charge in [0, 0.05) is 30.6 Å². The average Bonchev–Trinajstić information content (AvgIpc) is 3.11. The highest BCUT2D eigenvalue weighted by Gasteiger charge is 2.22. The maximum absolute atomic E-state index is 11.4. The third-order valence-electron chi connectivity index (χ3n) is 4.56. The molecule has 0 bridgehead atoms. The second-order valence-electron chi connectivity index (χ2n) is 6.45. The minimum absolute atomic E-state index is 0.0491. The number of methoxy groups -OCH3 is 1. The van der Waals surface area contributed by atoms with Crippen LogP contribution in [0.5, 0.6) is 17.4 Å². The predicted octanol–water partition coefficient (Wildman–Crippen LogP) is 2.53. The molecule has 1 fully saturated rings. The van der Waals surface area contributed by atoms with E-state index >= 15 is 0 Å². The Balaban J connectivity index is 1.70. The summed E-state index contributed by atoms with van der Waals surface area (Å²) in [4.78, 5) is 20.4. The van der Waals surface area contributed by atoms with Crippen LogP contribution in [0.25, 0.3) is 22.2 Å². The number of phenols is 1. The van der Waals surface area contributed by atoms with Crippen molar-refractivity contribution in [2.75, 3.05) is 20.3 Å². The second-order valence-corrected chi connectivity index (χ2v) is 6.45. The zero-order chi connectivity index (χ0) is 18.8. The highest BCUT2D eigenvalue weighted by atomic mass is 16.5. The molecule has 0 saturated carbocycles. The van der Waals surface area contributed by atoms with Crippen molar-refractivity contribution in [3.8, 4) is 28.6 Å². The molecule has 0 radical (unpaired) electrons. The number of carbonyl (C=O) groups excluding carboxylic acids is 1. The molecule has 3 heterocycles. The molecule has 1 aliphatic heterocycles. The number of phenolic OH excluding ortho intramolecular Hbond substituents is 1. The quantitative estimate of drug-likeness (QED) is 0.722. The molecule has 1 unspecified atom stereocenters. The first-order valence-corrected chi connectivity index (χ1v) is 8.66. The predicted molar refractivity (Wildman–Crippen MR) is 99.8 cm³/mol. The van der Waals surface area contributed by atoms with Crippen LogP contribution in [0.4, 0.5) is 0 Å². The molecule has 1 amide bonds. The van der Waals surface area contributed by atoms with Crippen LogP contribution in [0.2, 0.25) is 0 Å². The van der Waals surface area contributed by atoms with E-state index in [0.717, 1.165) is 16.5 Å². The zero-order valence-electron chi connectivity index (χ0n) is 14.8. The van der Waals surface area contributed by atoms with Gasteiger partial charge in [0.05, 0.1) is 30.3 Å². The molecule has 1 saturated heterocycles. The van der Waals surface area contributed by atoms with E-state index in [9.17, 15) is 9.90 Å². The van der Waals surface area contributed by atoms with Crippen LogP contribution in [-0.2, 0) is 4.79 Å². The number of rotatable bonds is 5. The van der Waals surface area contributed by atoms with Gasteiger partial charge in [-0.25, -0.2) is 4.98 Å². The summed E-state index contributed by atoms with van der Waals surface area (Å²) in [6.07, 6.45) is 2.18. The fourth-order valence-corrected chi connectivity index (χ4v) is 3.12. The molecular formula is C20H19N3O4. The van der Waals surface area contributed by atoms with Crippen molar-refractivity contribution in [1.29, 1.82) is 0 Å². The molecule has 138 valence electrons. The number of amides is 1. The molecular weight excluding hydrogens is 346 g/mol. The molecule has 27 heavy (non-hydrogen) atoms. The number of ether oxygens (including phenoxy) is 2. The second kappa shape index (κ2) is 7.11. The van der Waals surface area contributed by atoms with E-state index in [2.05, 4.69) is 15.3 Å². The Bertz CT molecular complexity index is 1010. The minimum Gasteiger partial charge on any atom is -0.504 e. The van der Waals surface area contributed by atoms with E-state index < -0.39 is 0 Å². The summed E-state index contributed by atoms with van der Waals surface area (Å²) >= 11 is 0. The largest absolute Gasteiger partial charge is 0.504 e. The van der Waals surface area contributed by atoms with Crippen LogP contribution < -0.4 is 14.8 Å². The van der Waals surface area contributed by atoms with Crippen LogP contribution in [-0.4, -0.2) is 41.2 Å². The number of benzene rings is 1. The Morgan fingerprint density at radius 1 is 1.30 bits per heavy atom. The van der Waals surface area contributed by atoms with Gasteiger partial charge in [-0.15, -0.1) is 0 Å². The van der Waals surface area contributed by atoms with E-state index in [1.807, 2.05) is 18.2 Å². The Labute approximate surface area is 156 Å². The summed E-state index contributed by atoms with van der Waals surface area (Å²) in [5.41, 5.74) is 2.19. The summed E-state index contributed by atoms with van der Waals surface area (Å²) < 4.78 is 11.2. The van der Waals surface area contributed by atoms with Crippen molar-refractivity contribution in [1.82, 2.24) is 15.3 Å². The van der Waals surface area contributed by atoms with Crippen LogP contribution >= 0.6 is 0 Å². The van der Waals surface area contributed by atoms with E-state index in [0.29, 0.717) is 36.9 Å². The van der Waals surface area contributed by atoms with E-state index in [1.165, 1.54) is 7.11 Å². The number of aromatic hydroxyl groups is 1. The topological polar surface area (TPSA) is 93.6 Å². The van der Waals surface area contributed by atoms with Crippen molar-refractivity contribution < 1.29 is 19.4 Å². The van der Waals surface area contributed by atoms with Crippen molar-refractivity contribution in [3.63, 3.8) is 0 Å². The molecule has 0 aliphatic carbocycles. The van der Waals surface area contributed by atoms with Crippen molar-refractivity contribution in [2.45, 2.75) is 6.42 Å². The van der Waals surface area contributed by atoms with Gasteiger partial charge in [-0.3, -0.25) is 9.78 Å². The molecule has 1 atom stereocenters. The first kappa shape index (κ1) is 17.1. The summed E-state index contributed by atoms with van der Waals surface area (Å²) in [6.45, 7) is 1.02. The number of nitrogens with one attached hydrogen (secondary N) is 1. The highest BCUT2D eigenvalue weighted by molar-refractivity contribution is 5.87. The molecule has 3 aromatic rings. The Morgan fingerprint density at radius 2 is 2.19 bits per heavy atom. The van der Waals surface area contributed by atoms with E-state index in [-0.39, 0.29) is 17.6 Å². The maximum Gasteiger partial charge on any atom is 0.223 e. The summed E-state index contributed by atoms with van der Waals surface area (Å²) in [5.74, 6) is 1.09. The molecule has 2 aromatic heterocycles. The lowest BCUT2D eigenvalue weighted by atomic mass is 10.1. The molecule has 7 heteroatoms. The lowest BCUT2D eigenvalue weighted by Crippen LogP contribution is -2.17.